The number of alkyl carbamates (subject to hydrolysis) is 1. The lowest BCUT2D eigenvalue weighted by atomic mass is 10.2. The van der Waals surface area contributed by atoms with E-state index in [0.717, 1.165) is 6.26 Å². The Labute approximate surface area is 153 Å². The summed E-state index contributed by atoms with van der Waals surface area (Å²) in [5.74, 6) is -0.399. The van der Waals surface area contributed by atoms with Crippen molar-refractivity contribution < 1.29 is 32.2 Å². The molecule has 1 aromatic carbocycles. The maximum absolute atomic E-state index is 11.8. The second-order valence-corrected chi connectivity index (χ2v) is 8.10. The molecule has 0 saturated carbocycles. The van der Waals surface area contributed by atoms with E-state index in [0.29, 0.717) is 5.75 Å². The van der Waals surface area contributed by atoms with Crippen molar-refractivity contribution >= 4 is 27.8 Å². The predicted octanol–water partition coefficient (Wildman–Crippen LogP) is 1.75. The van der Waals surface area contributed by atoms with E-state index >= 15 is 0 Å². The second-order valence-electron chi connectivity index (χ2n) is 6.35. The monoisotopic (exact) mass is 388 g/mol. The van der Waals surface area contributed by atoms with E-state index in [1.165, 1.54) is 25.3 Å². The van der Waals surface area contributed by atoms with Crippen molar-refractivity contribution in [2.75, 3.05) is 31.2 Å². The SMILES string of the molecule is COC(=O)c1cc(OCCNC(=O)OC(C)(C)C)ccc1NS(C)(=O)=O. The van der Waals surface area contributed by atoms with Crippen LogP contribution < -0.4 is 14.8 Å². The highest BCUT2D eigenvalue weighted by atomic mass is 32.2. The second kappa shape index (κ2) is 8.75. The number of carbonyl (C=O) groups excluding carboxylic acids is 2. The molecule has 0 heterocycles. The smallest absolute Gasteiger partial charge is 0.407 e. The van der Waals surface area contributed by atoms with Crippen molar-refractivity contribution in [3.05, 3.63) is 23.8 Å². The van der Waals surface area contributed by atoms with Gasteiger partial charge in [0.1, 0.15) is 18.0 Å². The summed E-state index contributed by atoms with van der Waals surface area (Å²) in [4.78, 5) is 23.4. The average molecular weight is 388 g/mol. The van der Waals surface area contributed by atoms with Crippen molar-refractivity contribution in [3.63, 3.8) is 0 Å². The van der Waals surface area contributed by atoms with E-state index in [4.69, 9.17) is 9.47 Å². The molecule has 0 aliphatic heterocycles. The van der Waals surface area contributed by atoms with Gasteiger partial charge in [-0.2, -0.15) is 0 Å². The molecular formula is C16H24N2O7S. The molecule has 0 fully saturated rings. The first-order valence-electron chi connectivity index (χ1n) is 7.71. The Morgan fingerprint density at radius 1 is 1.19 bits per heavy atom. The van der Waals surface area contributed by atoms with Crippen LogP contribution in [0.1, 0.15) is 31.1 Å². The topological polar surface area (TPSA) is 120 Å². The van der Waals surface area contributed by atoms with Gasteiger partial charge in [0.15, 0.2) is 0 Å². The lowest BCUT2D eigenvalue weighted by Gasteiger charge is -2.19. The summed E-state index contributed by atoms with van der Waals surface area (Å²) in [6, 6.07) is 4.24. The number of amides is 1. The minimum absolute atomic E-state index is 0.00975. The number of hydrogen-bond donors (Lipinski definition) is 2. The number of sulfonamides is 1. The third-order valence-corrected chi connectivity index (χ3v) is 3.32. The van der Waals surface area contributed by atoms with E-state index in [1.807, 2.05) is 0 Å². The summed E-state index contributed by atoms with van der Waals surface area (Å²) in [7, 11) is -2.37. The maximum Gasteiger partial charge on any atom is 0.407 e. The van der Waals surface area contributed by atoms with Crippen LogP contribution in [0.3, 0.4) is 0 Å². The van der Waals surface area contributed by atoms with E-state index in [1.54, 1.807) is 20.8 Å². The third kappa shape index (κ3) is 8.06. The lowest BCUT2D eigenvalue weighted by molar-refractivity contribution is 0.0519. The molecule has 2 N–H and O–H groups in total. The van der Waals surface area contributed by atoms with E-state index in [2.05, 4.69) is 14.8 Å². The van der Waals surface area contributed by atoms with Crippen LogP contribution in [0.2, 0.25) is 0 Å². The van der Waals surface area contributed by atoms with Crippen molar-refractivity contribution in [1.82, 2.24) is 5.32 Å². The summed E-state index contributed by atoms with van der Waals surface area (Å²) >= 11 is 0. The molecule has 0 aliphatic carbocycles. The van der Waals surface area contributed by atoms with Crippen LogP contribution in [0.15, 0.2) is 18.2 Å². The highest BCUT2D eigenvalue weighted by Crippen LogP contribution is 2.24. The zero-order valence-corrected chi connectivity index (χ0v) is 16.2. The fraction of sp³-hybridized carbons (Fsp3) is 0.500. The predicted molar refractivity (Wildman–Crippen MR) is 96.0 cm³/mol. The Balaban J connectivity index is 2.71. The molecule has 0 radical (unpaired) electrons. The molecule has 1 aromatic rings. The highest BCUT2D eigenvalue weighted by molar-refractivity contribution is 7.92. The Hall–Kier alpha value is -2.49. The fourth-order valence-corrected chi connectivity index (χ4v) is 2.39. The van der Waals surface area contributed by atoms with Crippen LogP contribution in [0.5, 0.6) is 5.75 Å². The largest absolute Gasteiger partial charge is 0.492 e. The van der Waals surface area contributed by atoms with Gasteiger partial charge in [-0.3, -0.25) is 4.72 Å². The van der Waals surface area contributed by atoms with E-state index in [9.17, 15) is 18.0 Å². The molecule has 1 rings (SSSR count). The average Bonchev–Trinajstić information content (AvgIpc) is 2.48. The normalized spacial score (nSPS) is 11.4. The zero-order chi connectivity index (χ0) is 20.0. The van der Waals surface area contributed by atoms with Gasteiger partial charge in [-0.25, -0.2) is 18.0 Å². The molecule has 0 saturated heterocycles. The standard InChI is InChI=1S/C16H24N2O7S/c1-16(2,3)25-15(20)17-8-9-24-11-6-7-13(18-26(5,21)22)12(10-11)14(19)23-4/h6-7,10,18H,8-9H2,1-5H3,(H,17,20). The van der Waals surface area contributed by atoms with Gasteiger partial charge >= 0.3 is 12.1 Å². The summed E-state index contributed by atoms with van der Waals surface area (Å²) in [5, 5.41) is 2.53. The number of methoxy groups -OCH3 is 1. The van der Waals surface area contributed by atoms with Gasteiger partial charge in [0.25, 0.3) is 0 Å². The van der Waals surface area contributed by atoms with Gasteiger partial charge in [-0.1, -0.05) is 0 Å². The zero-order valence-electron chi connectivity index (χ0n) is 15.4. The lowest BCUT2D eigenvalue weighted by Crippen LogP contribution is -2.34. The van der Waals surface area contributed by atoms with Crippen LogP contribution in [-0.2, 0) is 19.5 Å². The number of ether oxygens (including phenoxy) is 3. The first-order chi connectivity index (χ1) is 11.9. The molecule has 0 aromatic heterocycles. The minimum atomic E-state index is -3.56. The molecule has 26 heavy (non-hydrogen) atoms. The van der Waals surface area contributed by atoms with Crippen LogP contribution in [0.4, 0.5) is 10.5 Å². The highest BCUT2D eigenvalue weighted by Gasteiger charge is 2.17. The van der Waals surface area contributed by atoms with Crippen molar-refractivity contribution in [2.24, 2.45) is 0 Å². The summed E-state index contributed by atoms with van der Waals surface area (Å²) < 4.78 is 40.2. The number of rotatable bonds is 7. The molecule has 10 heteroatoms. The van der Waals surface area contributed by atoms with Crippen molar-refractivity contribution in [2.45, 2.75) is 26.4 Å². The van der Waals surface area contributed by atoms with Crippen LogP contribution in [0.25, 0.3) is 0 Å². The fourth-order valence-electron chi connectivity index (χ4n) is 1.82. The summed E-state index contributed by atoms with van der Waals surface area (Å²) in [5.41, 5.74) is -0.503. The molecule has 0 atom stereocenters. The number of nitrogens with one attached hydrogen (secondary N) is 2. The van der Waals surface area contributed by atoms with Crippen LogP contribution in [-0.4, -0.2) is 52.6 Å². The van der Waals surface area contributed by atoms with Crippen LogP contribution >= 0.6 is 0 Å². The first kappa shape index (κ1) is 21.6. The molecule has 1 amide bonds. The van der Waals surface area contributed by atoms with E-state index < -0.39 is 27.7 Å². The quantitative estimate of drug-likeness (QED) is 0.539. The summed E-state index contributed by atoms with van der Waals surface area (Å²) in [6.45, 7) is 5.57. The Morgan fingerprint density at radius 3 is 2.38 bits per heavy atom. The number of carbonyl (C=O) groups is 2. The molecule has 0 bridgehead atoms. The Kier molecular flexibility index (Phi) is 7.25. The minimum Gasteiger partial charge on any atom is -0.492 e. The van der Waals surface area contributed by atoms with Gasteiger partial charge < -0.3 is 19.5 Å². The molecule has 0 aliphatic rings. The van der Waals surface area contributed by atoms with Gasteiger partial charge in [0.05, 0.1) is 31.2 Å². The molecule has 0 spiro atoms. The van der Waals surface area contributed by atoms with Crippen LogP contribution in [0, 0.1) is 0 Å². The summed E-state index contributed by atoms with van der Waals surface area (Å²) in [6.07, 6.45) is 0.407. The van der Waals surface area contributed by atoms with Crippen molar-refractivity contribution in [3.8, 4) is 5.75 Å². The third-order valence-electron chi connectivity index (χ3n) is 2.73. The number of anilines is 1. The molecule has 0 unspecified atom stereocenters. The Bertz CT molecular complexity index is 754. The molecule has 9 nitrogen and oxygen atoms in total. The van der Waals surface area contributed by atoms with Gasteiger partial charge in [-0.05, 0) is 39.0 Å². The van der Waals surface area contributed by atoms with E-state index in [-0.39, 0.29) is 24.4 Å². The maximum atomic E-state index is 11.8. The van der Waals surface area contributed by atoms with Gasteiger partial charge in [-0.15, -0.1) is 0 Å². The first-order valence-corrected chi connectivity index (χ1v) is 9.60. The van der Waals surface area contributed by atoms with Gasteiger partial charge in [0, 0.05) is 0 Å². The van der Waals surface area contributed by atoms with Gasteiger partial charge in [0.2, 0.25) is 10.0 Å². The number of esters is 1. The molecular weight excluding hydrogens is 364 g/mol. The van der Waals surface area contributed by atoms with Crippen molar-refractivity contribution in [1.29, 1.82) is 0 Å². The molecule has 146 valence electrons. The number of hydrogen-bond acceptors (Lipinski definition) is 7. The number of benzene rings is 1. The Morgan fingerprint density at radius 2 is 1.85 bits per heavy atom.